The molecule has 0 bridgehead atoms. The van der Waals surface area contributed by atoms with E-state index in [1.165, 1.54) is 0 Å². The van der Waals surface area contributed by atoms with Crippen LogP contribution in [0.3, 0.4) is 0 Å². The number of thioether (sulfide) groups is 1. The number of phenols is 1. The third kappa shape index (κ3) is 5.12. The van der Waals surface area contributed by atoms with Crippen LogP contribution in [-0.4, -0.2) is 51.4 Å². The molecular weight excluding hydrogens is 338 g/mol. The summed E-state index contributed by atoms with van der Waals surface area (Å²) in [5.74, 6) is 0.960. The van der Waals surface area contributed by atoms with Crippen molar-refractivity contribution in [1.82, 2.24) is 4.90 Å². The van der Waals surface area contributed by atoms with Crippen molar-refractivity contribution in [2.45, 2.75) is 29.4 Å². The summed E-state index contributed by atoms with van der Waals surface area (Å²) >= 11 is 1.73. The third-order valence-electron chi connectivity index (χ3n) is 4.22. The molecule has 2 aromatic carbocycles. The van der Waals surface area contributed by atoms with Gasteiger partial charge < -0.3 is 20.1 Å². The van der Waals surface area contributed by atoms with Crippen LogP contribution >= 0.6 is 11.8 Å². The van der Waals surface area contributed by atoms with E-state index >= 15 is 0 Å². The molecule has 3 rings (SSSR count). The Balaban J connectivity index is 1.46. The Bertz CT molecular complexity index is 679. The van der Waals surface area contributed by atoms with Crippen LogP contribution in [0.15, 0.2) is 53.4 Å². The fourth-order valence-corrected chi connectivity index (χ4v) is 4.06. The van der Waals surface area contributed by atoms with E-state index in [-0.39, 0.29) is 19.0 Å². The maximum absolute atomic E-state index is 10.4. The van der Waals surface area contributed by atoms with E-state index in [0.29, 0.717) is 11.0 Å². The lowest BCUT2D eigenvalue weighted by Crippen LogP contribution is -2.38. The summed E-state index contributed by atoms with van der Waals surface area (Å²) < 4.78 is 5.64. The van der Waals surface area contributed by atoms with Crippen LogP contribution in [0.2, 0.25) is 0 Å². The molecule has 0 saturated carbocycles. The average molecular weight is 361 g/mol. The van der Waals surface area contributed by atoms with Crippen LogP contribution in [0.25, 0.3) is 0 Å². The second-order valence-electron chi connectivity index (χ2n) is 6.11. The number of nitrogens with zero attached hydrogens (tertiary/aromatic N) is 1. The Labute approximate surface area is 151 Å². The molecule has 1 fully saturated rings. The van der Waals surface area contributed by atoms with Gasteiger partial charge in [0, 0.05) is 23.2 Å². The minimum absolute atomic E-state index is 0.00886. The van der Waals surface area contributed by atoms with Gasteiger partial charge >= 0.3 is 0 Å². The van der Waals surface area contributed by atoms with E-state index in [9.17, 15) is 10.2 Å². The molecule has 0 spiro atoms. The van der Waals surface area contributed by atoms with Gasteiger partial charge in [0.1, 0.15) is 24.3 Å². The van der Waals surface area contributed by atoms with Crippen molar-refractivity contribution in [3.63, 3.8) is 0 Å². The van der Waals surface area contributed by atoms with Gasteiger partial charge in [-0.25, -0.2) is 0 Å². The lowest BCUT2D eigenvalue weighted by atomic mass is 10.2. The highest BCUT2D eigenvalue weighted by Crippen LogP contribution is 2.31. The number of aromatic hydroxyl groups is 1. The van der Waals surface area contributed by atoms with Crippen LogP contribution in [0.5, 0.6) is 11.5 Å². The highest BCUT2D eigenvalue weighted by molar-refractivity contribution is 8.00. The summed E-state index contributed by atoms with van der Waals surface area (Å²) in [7, 11) is 0. The van der Waals surface area contributed by atoms with Gasteiger partial charge in [-0.05, 0) is 42.3 Å². The second-order valence-corrected chi connectivity index (χ2v) is 7.49. The Kier molecular flexibility index (Phi) is 6.20. The quantitative estimate of drug-likeness (QED) is 0.704. The van der Waals surface area contributed by atoms with E-state index in [2.05, 4.69) is 0 Å². The molecule has 1 heterocycles. The maximum Gasteiger partial charge on any atom is 0.141 e. The van der Waals surface area contributed by atoms with Crippen LogP contribution in [-0.2, 0) is 6.61 Å². The first-order valence-corrected chi connectivity index (χ1v) is 9.22. The van der Waals surface area contributed by atoms with E-state index < -0.39 is 6.23 Å². The molecule has 25 heavy (non-hydrogen) atoms. The molecule has 1 saturated heterocycles. The molecule has 1 aliphatic rings. The van der Waals surface area contributed by atoms with Crippen molar-refractivity contribution in [3.8, 4) is 11.5 Å². The van der Waals surface area contributed by atoms with Gasteiger partial charge in [-0.1, -0.05) is 18.2 Å². The molecule has 0 amide bonds. The SMILES string of the molecule is OCc1ccc(OCC(O)N2CCC(Sc3cccc(O)c3)C2)cc1. The first-order chi connectivity index (χ1) is 12.1. The third-order valence-corrected chi connectivity index (χ3v) is 5.47. The molecule has 2 unspecified atom stereocenters. The lowest BCUT2D eigenvalue weighted by molar-refractivity contribution is -0.0139. The van der Waals surface area contributed by atoms with Gasteiger partial charge in [0.05, 0.1) is 6.61 Å². The van der Waals surface area contributed by atoms with Crippen molar-refractivity contribution in [1.29, 1.82) is 0 Å². The number of hydrogen-bond donors (Lipinski definition) is 3. The molecule has 6 heteroatoms. The Morgan fingerprint density at radius 2 is 2.00 bits per heavy atom. The average Bonchev–Trinajstić information content (AvgIpc) is 3.08. The van der Waals surface area contributed by atoms with E-state index in [1.807, 2.05) is 17.0 Å². The molecule has 0 radical (unpaired) electrons. The van der Waals surface area contributed by atoms with Gasteiger partial charge in [-0.3, -0.25) is 4.90 Å². The molecule has 2 atom stereocenters. The highest BCUT2D eigenvalue weighted by atomic mass is 32.2. The molecule has 3 N–H and O–H groups in total. The fraction of sp³-hybridized carbons (Fsp3) is 0.368. The zero-order valence-corrected chi connectivity index (χ0v) is 14.7. The predicted octanol–water partition coefficient (Wildman–Crippen LogP) is 2.45. The second kappa shape index (κ2) is 8.58. The number of hydrogen-bond acceptors (Lipinski definition) is 6. The van der Waals surface area contributed by atoms with Crippen molar-refractivity contribution >= 4 is 11.8 Å². The topological polar surface area (TPSA) is 73.2 Å². The number of rotatable bonds is 7. The number of ether oxygens (including phenoxy) is 1. The molecule has 0 aromatic heterocycles. The van der Waals surface area contributed by atoms with Crippen LogP contribution in [0, 0.1) is 0 Å². The van der Waals surface area contributed by atoms with Crippen LogP contribution in [0.1, 0.15) is 12.0 Å². The van der Waals surface area contributed by atoms with Crippen molar-refractivity contribution in [2.24, 2.45) is 0 Å². The number of aliphatic hydroxyl groups is 2. The minimum Gasteiger partial charge on any atom is -0.508 e. The first kappa shape index (κ1) is 18.1. The number of aliphatic hydroxyl groups excluding tert-OH is 2. The van der Waals surface area contributed by atoms with Gasteiger partial charge in [0.15, 0.2) is 0 Å². The smallest absolute Gasteiger partial charge is 0.141 e. The predicted molar refractivity (Wildman–Crippen MR) is 97.8 cm³/mol. The number of benzene rings is 2. The molecule has 1 aliphatic heterocycles. The first-order valence-electron chi connectivity index (χ1n) is 8.34. The Hall–Kier alpha value is -1.73. The summed E-state index contributed by atoms with van der Waals surface area (Å²) in [5, 5.41) is 29.3. The van der Waals surface area contributed by atoms with Crippen LogP contribution < -0.4 is 4.74 Å². The number of phenolic OH excluding ortho intramolecular Hbond substituents is 1. The molecule has 134 valence electrons. The van der Waals surface area contributed by atoms with Gasteiger partial charge in [-0.15, -0.1) is 11.8 Å². The van der Waals surface area contributed by atoms with Gasteiger partial charge in [0.25, 0.3) is 0 Å². The number of likely N-dealkylation sites (tertiary alicyclic amines) is 1. The van der Waals surface area contributed by atoms with Gasteiger partial charge in [-0.2, -0.15) is 0 Å². The van der Waals surface area contributed by atoms with Crippen LogP contribution in [0.4, 0.5) is 0 Å². The lowest BCUT2D eigenvalue weighted by Gasteiger charge is -2.23. The monoisotopic (exact) mass is 361 g/mol. The standard InChI is InChI=1S/C19H23NO4S/c21-12-14-4-6-16(7-5-14)24-13-19(23)20-9-8-18(11-20)25-17-3-1-2-15(22)10-17/h1-7,10,18-19,21-23H,8-9,11-13H2. The molecule has 0 aliphatic carbocycles. The summed E-state index contributed by atoms with van der Waals surface area (Å²) in [6.45, 7) is 1.83. The minimum atomic E-state index is -0.646. The summed E-state index contributed by atoms with van der Waals surface area (Å²) in [4.78, 5) is 3.06. The fourth-order valence-electron chi connectivity index (χ4n) is 2.84. The zero-order chi connectivity index (χ0) is 17.6. The van der Waals surface area contributed by atoms with Gasteiger partial charge in [0.2, 0.25) is 0 Å². The largest absolute Gasteiger partial charge is 0.508 e. The summed E-state index contributed by atoms with van der Waals surface area (Å²) in [5.41, 5.74) is 0.833. The van der Waals surface area contributed by atoms with Crippen molar-refractivity contribution in [3.05, 3.63) is 54.1 Å². The summed E-state index contributed by atoms with van der Waals surface area (Å²) in [6.07, 6.45) is 0.343. The van der Waals surface area contributed by atoms with Crippen molar-refractivity contribution < 1.29 is 20.1 Å². The molecule has 5 nitrogen and oxygen atoms in total. The maximum atomic E-state index is 10.4. The highest BCUT2D eigenvalue weighted by Gasteiger charge is 2.28. The van der Waals surface area contributed by atoms with E-state index in [4.69, 9.17) is 9.84 Å². The van der Waals surface area contributed by atoms with E-state index in [0.717, 1.165) is 30.0 Å². The molecule has 2 aromatic rings. The van der Waals surface area contributed by atoms with E-state index in [1.54, 1.807) is 48.2 Å². The van der Waals surface area contributed by atoms with Crippen molar-refractivity contribution in [2.75, 3.05) is 19.7 Å². The summed E-state index contributed by atoms with van der Waals surface area (Å²) in [6, 6.07) is 14.5. The normalized spacial score (nSPS) is 19.0. The zero-order valence-electron chi connectivity index (χ0n) is 13.9. The Morgan fingerprint density at radius 3 is 2.72 bits per heavy atom. The molecular formula is C19H23NO4S. The Morgan fingerprint density at radius 1 is 1.20 bits per heavy atom.